The molecule has 0 atom stereocenters. The van der Waals surface area contributed by atoms with E-state index in [4.69, 9.17) is 4.74 Å². The van der Waals surface area contributed by atoms with Crippen molar-refractivity contribution in [3.05, 3.63) is 258 Å². The SMILES string of the molecule is CC1(C)c2ccccc2-c2ccc(N(c3ccc(-c4cccc5c4-c4ccccc4C54c5ccc6ccccc6c5Oc5c4ccc4ccccc54)cc3)c3cccc4sc5ccccc5c34)cc21. The number of rotatable bonds is 4. The van der Waals surface area contributed by atoms with Crippen molar-refractivity contribution in [2.45, 2.75) is 24.7 Å². The first-order valence-electron chi connectivity index (χ1n) is 24.0. The van der Waals surface area contributed by atoms with Crippen LogP contribution in [0.25, 0.3) is 75.1 Å². The van der Waals surface area contributed by atoms with Gasteiger partial charge in [0.1, 0.15) is 11.5 Å². The maximum atomic E-state index is 7.24. The molecule has 324 valence electrons. The molecular formula is C66H43NOS. The van der Waals surface area contributed by atoms with Crippen LogP contribution in [0, 0.1) is 0 Å². The number of fused-ring (bicyclic) bond motifs is 19. The number of benzene rings is 11. The molecular weight excluding hydrogens is 855 g/mol. The first-order chi connectivity index (χ1) is 34.0. The van der Waals surface area contributed by atoms with E-state index in [0.29, 0.717) is 0 Å². The van der Waals surface area contributed by atoms with Crippen LogP contribution in [0.3, 0.4) is 0 Å². The van der Waals surface area contributed by atoms with Crippen molar-refractivity contribution in [2.75, 3.05) is 4.90 Å². The molecule has 2 nitrogen and oxygen atoms in total. The lowest BCUT2D eigenvalue weighted by molar-refractivity contribution is 0.447. The fourth-order valence-corrected chi connectivity index (χ4v) is 13.8. The number of hydrogen-bond donors (Lipinski definition) is 0. The normalized spacial score (nSPS) is 14.3. The number of ether oxygens (including phenoxy) is 1. The van der Waals surface area contributed by atoms with Gasteiger partial charge < -0.3 is 9.64 Å². The molecule has 2 heterocycles. The predicted molar refractivity (Wildman–Crippen MR) is 289 cm³/mol. The average Bonchev–Trinajstić information content (AvgIpc) is 4.01. The summed E-state index contributed by atoms with van der Waals surface area (Å²) in [6, 6.07) is 83.6. The van der Waals surface area contributed by atoms with Crippen molar-refractivity contribution in [1.29, 1.82) is 0 Å². The van der Waals surface area contributed by atoms with Crippen molar-refractivity contribution in [2.24, 2.45) is 0 Å². The number of thiophene rings is 1. The number of anilines is 3. The summed E-state index contributed by atoms with van der Waals surface area (Å²) in [6.07, 6.45) is 0. The Bertz CT molecular complexity index is 4070. The van der Waals surface area contributed by atoms with Crippen molar-refractivity contribution < 1.29 is 4.74 Å². The van der Waals surface area contributed by atoms with Crippen LogP contribution in [-0.2, 0) is 10.8 Å². The van der Waals surface area contributed by atoms with Gasteiger partial charge in [-0.1, -0.05) is 196 Å². The molecule has 1 aliphatic heterocycles. The zero-order chi connectivity index (χ0) is 45.6. The Hall–Kier alpha value is -8.24. The fourth-order valence-electron chi connectivity index (χ4n) is 12.7. The van der Waals surface area contributed by atoms with Gasteiger partial charge in [-0.05, 0) is 109 Å². The lowest BCUT2D eigenvalue weighted by atomic mass is 9.65. The van der Waals surface area contributed by atoms with E-state index >= 15 is 0 Å². The van der Waals surface area contributed by atoms with Crippen LogP contribution < -0.4 is 9.64 Å². The van der Waals surface area contributed by atoms with Crippen molar-refractivity contribution in [1.82, 2.24) is 0 Å². The van der Waals surface area contributed by atoms with Gasteiger partial charge in [0.2, 0.25) is 0 Å². The minimum atomic E-state index is -0.612. The third-order valence-electron chi connectivity index (χ3n) is 15.7. The van der Waals surface area contributed by atoms with Gasteiger partial charge in [0.05, 0.1) is 11.1 Å². The Morgan fingerprint density at radius 3 is 1.71 bits per heavy atom. The molecule has 1 aromatic heterocycles. The highest BCUT2D eigenvalue weighted by Gasteiger charge is 2.52. The molecule has 3 heteroatoms. The van der Waals surface area contributed by atoms with E-state index in [2.05, 4.69) is 243 Å². The van der Waals surface area contributed by atoms with Crippen LogP contribution >= 0.6 is 11.3 Å². The van der Waals surface area contributed by atoms with Gasteiger partial charge >= 0.3 is 0 Å². The van der Waals surface area contributed by atoms with Gasteiger partial charge in [-0.15, -0.1) is 11.3 Å². The van der Waals surface area contributed by atoms with Crippen LogP contribution in [0.15, 0.2) is 224 Å². The molecule has 0 bridgehead atoms. The maximum absolute atomic E-state index is 7.24. The second-order valence-corrected chi connectivity index (χ2v) is 20.6. The summed E-state index contributed by atoms with van der Waals surface area (Å²) < 4.78 is 9.82. The Balaban J connectivity index is 0.942. The van der Waals surface area contributed by atoms with Crippen LogP contribution in [0.5, 0.6) is 11.5 Å². The summed E-state index contributed by atoms with van der Waals surface area (Å²) in [5.74, 6) is 1.86. The predicted octanol–water partition coefficient (Wildman–Crippen LogP) is 18.3. The second kappa shape index (κ2) is 14.1. The molecule has 0 saturated heterocycles. The molecule has 2 aliphatic carbocycles. The highest BCUT2D eigenvalue weighted by atomic mass is 32.1. The Labute approximate surface area is 405 Å². The summed E-state index contributed by atoms with van der Waals surface area (Å²) in [4.78, 5) is 2.49. The number of nitrogens with zero attached hydrogens (tertiary/aromatic N) is 1. The van der Waals surface area contributed by atoms with E-state index in [1.165, 1.54) is 103 Å². The lowest BCUT2D eigenvalue weighted by Crippen LogP contribution is -2.32. The monoisotopic (exact) mass is 897 g/mol. The van der Waals surface area contributed by atoms with Crippen molar-refractivity contribution in [3.63, 3.8) is 0 Å². The van der Waals surface area contributed by atoms with Crippen molar-refractivity contribution >= 4 is 70.1 Å². The Morgan fingerprint density at radius 1 is 0.391 bits per heavy atom. The molecule has 11 aromatic carbocycles. The van der Waals surface area contributed by atoms with Gasteiger partial charge in [-0.3, -0.25) is 0 Å². The van der Waals surface area contributed by atoms with Gasteiger partial charge in [-0.25, -0.2) is 0 Å². The molecule has 69 heavy (non-hydrogen) atoms. The van der Waals surface area contributed by atoms with Crippen LogP contribution in [0.1, 0.15) is 47.2 Å². The topological polar surface area (TPSA) is 12.5 Å². The summed E-state index contributed by atoms with van der Waals surface area (Å²) in [5.41, 5.74) is 17.9. The third-order valence-corrected chi connectivity index (χ3v) is 16.9. The molecule has 0 unspecified atom stereocenters. The van der Waals surface area contributed by atoms with E-state index in [1.54, 1.807) is 0 Å². The Kier molecular flexibility index (Phi) is 7.96. The highest BCUT2D eigenvalue weighted by molar-refractivity contribution is 7.26. The first-order valence-corrected chi connectivity index (χ1v) is 24.8. The van der Waals surface area contributed by atoms with E-state index < -0.39 is 5.41 Å². The average molecular weight is 898 g/mol. The molecule has 15 rings (SSSR count). The summed E-state index contributed by atoms with van der Waals surface area (Å²) in [6.45, 7) is 4.74. The second-order valence-electron chi connectivity index (χ2n) is 19.5. The van der Waals surface area contributed by atoms with Crippen LogP contribution in [0.4, 0.5) is 17.1 Å². The van der Waals surface area contributed by atoms with Gasteiger partial charge in [0, 0.05) is 58.9 Å². The highest BCUT2D eigenvalue weighted by Crippen LogP contribution is 2.65. The molecule has 0 saturated carbocycles. The molecule has 3 aliphatic rings. The molecule has 0 radical (unpaired) electrons. The van der Waals surface area contributed by atoms with Crippen LogP contribution in [0.2, 0.25) is 0 Å². The summed E-state index contributed by atoms with van der Waals surface area (Å²) >= 11 is 1.87. The molecule has 1 spiro atoms. The zero-order valence-electron chi connectivity index (χ0n) is 38.1. The molecule has 0 fully saturated rings. The van der Waals surface area contributed by atoms with E-state index in [9.17, 15) is 0 Å². The summed E-state index contributed by atoms with van der Waals surface area (Å²) in [5, 5.41) is 7.15. The minimum absolute atomic E-state index is 0.133. The van der Waals surface area contributed by atoms with E-state index in [1.807, 2.05) is 11.3 Å². The van der Waals surface area contributed by atoms with E-state index in [0.717, 1.165) is 33.6 Å². The largest absolute Gasteiger partial charge is 0.455 e. The minimum Gasteiger partial charge on any atom is -0.455 e. The zero-order valence-corrected chi connectivity index (χ0v) is 38.9. The van der Waals surface area contributed by atoms with Crippen molar-refractivity contribution in [3.8, 4) is 44.9 Å². The quantitative estimate of drug-likeness (QED) is 0.175. The standard InChI is InChI=1S/C66H43NOS/c1-65(2)52-23-10-7-19-48(52)49-36-35-44(39-57(49)65)67(58-26-14-28-60-62(58)51-21-9-12-27-59(51)69-60)43-33-29-42(30-34-43)45-22-13-25-54-61(45)50-20-8-11-24-53(50)66(54)55-37-31-40-15-3-5-17-46(40)63(55)68-64-47-18-6-4-16-41(47)32-38-56(64)66/h3-39H,1-2H3. The van der Waals surface area contributed by atoms with Crippen LogP contribution in [-0.4, -0.2) is 0 Å². The Morgan fingerprint density at radius 2 is 0.957 bits per heavy atom. The maximum Gasteiger partial charge on any atom is 0.140 e. The lowest BCUT2D eigenvalue weighted by Gasteiger charge is -2.40. The van der Waals surface area contributed by atoms with Gasteiger partial charge in [0.15, 0.2) is 0 Å². The fraction of sp³-hybridized carbons (Fsp3) is 0.0606. The molecule has 0 N–H and O–H groups in total. The number of hydrogen-bond acceptors (Lipinski definition) is 3. The van der Waals surface area contributed by atoms with E-state index in [-0.39, 0.29) is 5.41 Å². The smallest absolute Gasteiger partial charge is 0.140 e. The summed E-state index contributed by atoms with van der Waals surface area (Å²) in [7, 11) is 0. The van der Waals surface area contributed by atoms with Gasteiger partial charge in [0.25, 0.3) is 0 Å². The first kappa shape index (κ1) is 38.8. The molecule has 0 amide bonds. The van der Waals surface area contributed by atoms with Gasteiger partial charge in [-0.2, -0.15) is 0 Å². The molecule has 12 aromatic rings. The third kappa shape index (κ3) is 5.20.